The second-order valence-electron chi connectivity index (χ2n) is 6.74. The maximum Gasteiger partial charge on any atom is 0.305 e. The molecule has 0 spiro atoms. The highest BCUT2D eigenvalue weighted by atomic mass is 16.5. The van der Waals surface area contributed by atoms with Crippen LogP contribution < -0.4 is 0 Å². The smallest absolute Gasteiger partial charge is 0.305 e. The Bertz CT molecular complexity index is 346. The maximum atomic E-state index is 11.2. The summed E-state index contributed by atoms with van der Waals surface area (Å²) in [7, 11) is 1.61. The third kappa shape index (κ3) is 41.4. The Kier molecular flexibility index (Phi) is 38.8. The number of carbonyl (C=O) groups excluding carboxylic acids is 2. The van der Waals surface area contributed by atoms with Gasteiger partial charge in [-0.25, -0.2) is 0 Å². The monoisotopic (exact) mass is 484 g/mol. The molecule has 0 aliphatic rings. The molecule has 10 nitrogen and oxygen atoms in total. The molecule has 33 heavy (non-hydrogen) atoms. The van der Waals surface area contributed by atoms with Crippen LogP contribution >= 0.6 is 0 Å². The quantitative estimate of drug-likeness (QED) is 0.173. The molecule has 0 amide bonds. The van der Waals surface area contributed by atoms with E-state index in [1.807, 2.05) is 0 Å². The number of aliphatic hydroxyl groups excluding tert-OH is 3. The van der Waals surface area contributed by atoms with Crippen LogP contribution in [0.1, 0.15) is 65.2 Å². The number of hydrogen-bond acceptors (Lipinski definition) is 10. The summed E-state index contributed by atoms with van der Waals surface area (Å²) in [5, 5.41) is 24.4. The number of ether oxygens (including phenoxy) is 5. The fourth-order valence-electron chi connectivity index (χ4n) is 1.88. The molecule has 0 aliphatic heterocycles. The Morgan fingerprint density at radius 3 is 1.30 bits per heavy atom. The Hall–Kier alpha value is -1.30. The first-order valence-electron chi connectivity index (χ1n) is 11.8. The molecule has 200 valence electrons. The predicted molar refractivity (Wildman–Crippen MR) is 125 cm³/mol. The van der Waals surface area contributed by atoms with Crippen LogP contribution in [0.5, 0.6) is 0 Å². The lowest BCUT2D eigenvalue weighted by atomic mass is 10.2. The van der Waals surface area contributed by atoms with Gasteiger partial charge >= 0.3 is 11.9 Å². The summed E-state index contributed by atoms with van der Waals surface area (Å²) in [6.07, 6.45) is 6.04. The van der Waals surface area contributed by atoms with E-state index in [4.69, 9.17) is 29.5 Å². The Morgan fingerprint density at radius 2 is 0.970 bits per heavy atom. The van der Waals surface area contributed by atoms with Crippen LogP contribution in [-0.4, -0.2) is 100 Å². The number of carbonyl (C=O) groups is 2. The fraction of sp³-hybridized carbons (Fsp3) is 0.913. The molecule has 0 aromatic rings. The van der Waals surface area contributed by atoms with Gasteiger partial charge in [0.05, 0.1) is 66.1 Å². The summed E-state index contributed by atoms with van der Waals surface area (Å²) in [4.78, 5) is 22.5. The van der Waals surface area contributed by atoms with Crippen LogP contribution in [0.3, 0.4) is 0 Å². The molecule has 0 bridgehead atoms. The average Bonchev–Trinajstić information content (AvgIpc) is 2.81. The summed E-state index contributed by atoms with van der Waals surface area (Å²) in [5.74, 6) is -0.328. The summed E-state index contributed by atoms with van der Waals surface area (Å²) in [6, 6.07) is 0. The molecule has 0 radical (unpaired) electrons. The van der Waals surface area contributed by atoms with Crippen LogP contribution in [0.2, 0.25) is 0 Å². The van der Waals surface area contributed by atoms with Crippen molar-refractivity contribution < 1.29 is 48.6 Å². The number of hydrogen-bond donors (Lipinski definition) is 3. The first-order chi connectivity index (χ1) is 16.0. The van der Waals surface area contributed by atoms with Gasteiger partial charge < -0.3 is 39.0 Å². The summed E-state index contributed by atoms with van der Waals surface area (Å²) in [5.41, 5.74) is 0. The highest BCUT2D eigenvalue weighted by Crippen LogP contribution is 2.04. The molecule has 0 saturated heterocycles. The number of methoxy groups -OCH3 is 1. The molecule has 0 saturated carbocycles. The zero-order valence-electron chi connectivity index (χ0n) is 20.9. The van der Waals surface area contributed by atoms with Crippen molar-refractivity contribution in [2.24, 2.45) is 0 Å². The zero-order valence-corrected chi connectivity index (χ0v) is 20.9. The summed E-state index contributed by atoms with van der Waals surface area (Å²) < 4.78 is 24.2. The standard InChI is InChI=1S/C14H26O4.C5H12O3.C4H10O3/c1-3-5-11-17-13(15)9-7-8-10-14(16)18-12-6-4-2;1-7-4-5-8-3-2-6;5-1-3-7-4-2-6/h3-12H2,1-2H3;6H,2-5H2,1H3;5-6H,1-4H2. The van der Waals surface area contributed by atoms with Crippen molar-refractivity contribution in [3.63, 3.8) is 0 Å². The maximum absolute atomic E-state index is 11.2. The molecule has 0 heterocycles. The lowest BCUT2D eigenvalue weighted by Gasteiger charge is -2.04. The van der Waals surface area contributed by atoms with Crippen molar-refractivity contribution in [2.45, 2.75) is 65.2 Å². The highest BCUT2D eigenvalue weighted by molar-refractivity contribution is 5.70. The highest BCUT2D eigenvalue weighted by Gasteiger charge is 2.05. The largest absolute Gasteiger partial charge is 0.466 e. The van der Waals surface area contributed by atoms with Crippen molar-refractivity contribution in [1.82, 2.24) is 0 Å². The third-order valence-electron chi connectivity index (χ3n) is 3.67. The van der Waals surface area contributed by atoms with Gasteiger partial charge in [-0.2, -0.15) is 0 Å². The van der Waals surface area contributed by atoms with Gasteiger partial charge in [0.2, 0.25) is 0 Å². The van der Waals surface area contributed by atoms with E-state index in [2.05, 4.69) is 23.3 Å². The minimum atomic E-state index is -0.164. The molecule has 0 fully saturated rings. The lowest BCUT2D eigenvalue weighted by Crippen LogP contribution is -2.07. The van der Waals surface area contributed by atoms with Crippen LogP contribution in [0.15, 0.2) is 0 Å². The molecular weight excluding hydrogens is 436 g/mol. The van der Waals surface area contributed by atoms with Crippen LogP contribution in [-0.2, 0) is 33.3 Å². The van der Waals surface area contributed by atoms with Crippen molar-refractivity contribution in [3.05, 3.63) is 0 Å². The zero-order chi connectivity index (χ0) is 25.4. The van der Waals surface area contributed by atoms with E-state index in [1.54, 1.807) is 7.11 Å². The number of rotatable bonds is 20. The normalized spacial score (nSPS) is 9.88. The van der Waals surface area contributed by atoms with Gasteiger partial charge in [-0.1, -0.05) is 26.7 Å². The van der Waals surface area contributed by atoms with Gasteiger partial charge in [0, 0.05) is 20.0 Å². The average molecular weight is 485 g/mol. The first kappa shape index (κ1) is 36.3. The first-order valence-corrected chi connectivity index (χ1v) is 11.8. The summed E-state index contributed by atoms with van der Waals surface area (Å²) >= 11 is 0. The lowest BCUT2D eigenvalue weighted by molar-refractivity contribution is -0.146. The van der Waals surface area contributed by atoms with E-state index in [0.717, 1.165) is 25.7 Å². The fourth-order valence-corrected chi connectivity index (χ4v) is 1.88. The van der Waals surface area contributed by atoms with Gasteiger partial charge in [0.1, 0.15) is 0 Å². The molecule has 0 aliphatic carbocycles. The van der Waals surface area contributed by atoms with Gasteiger partial charge in [-0.3, -0.25) is 9.59 Å². The minimum Gasteiger partial charge on any atom is -0.466 e. The molecular formula is C23H48O10. The summed E-state index contributed by atoms with van der Waals surface area (Å²) in [6.45, 7) is 7.48. The van der Waals surface area contributed by atoms with Crippen molar-refractivity contribution in [1.29, 1.82) is 0 Å². The van der Waals surface area contributed by atoms with E-state index in [9.17, 15) is 9.59 Å². The third-order valence-corrected chi connectivity index (χ3v) is 3.67. The molecule has 0 unspecified atom stereocenters. The topological polar surface area (TPSA) is 141 Å². The second kappa shape index (κ2) is 35.3. The van der Waals surface area contributed by atoms with Gasteiger partial charge in [0.15, 0.2) is 0 Å². The molecule has 0 aromatic heterocycles. The minimum absolute atomic E-state index is 0.0278. The molecule has 0 rings (SSSR count). The van der Waals surface area contributed by atoms with E-state index in [-0.39, 0.29) is 31.8 Å². The van der Waals surface area contributed by atoms with Crippen LogP contribution in [0.25, 0.3) is 0 Å². The second-order valence-corrected chi connectivity index (χ2v) is 6.74. The Morgan fingerprint density at radius 1 is 0.576 bits per heavy atom. The number of unbranched alkanes of at least 4 members (excludes halogenated alkanes) is 3. The van der Waals surface area contributed by atoms with Gasteiger partial charge in [0.25, 0.3) is 0 Å². The van der Waals surface area contributed by atoms with Crippen LogP contribution in [0, 0.1) is 0 Å². The van der Waals surface area contributed by atoms with Crippen molar-refractivity contribution in [3.8, 4) is 0 Å². The van der Waals surface area contributed by atoms with Crippen LogP contribution in [0.4, 0.5) is 0 Å². The molecule has 0 aromatic carbocycles. The molecule has 10 heteroatoms. The predicted octanol–water partition coefficient (Wildman–Crippen LogP) is 1.86. The van der Waals surface area contributed by atoms with E-state index >= 15 is 0 Å². The Labute approximate surface area is 199 Å². The Balaban J connectivity index is -0.000000493. The molecule has 0 atom stereocenters. The number of aliphatic hydroxyl groups is 3. The van der Waals surface area contributed by atoms with E-state index in [0.29, 0.717) is 71.9 Å². The van der Waals surface area contributed by atoms with Crippen molar-refractivity contribution in [2.75, 3.05) is 73.2 Å². The van der Waals surface area contributed by atoms with Crippen molar-refractivity contribution >= 4 is 11.9 Å². The van der Waals surface area contributed by atoms with E-state index in [1.165, 1.54) is 0 Å². The van der Waals surface area contributed by atoms with Gasteiger partial charge in [-0.05, 0) is 25.7 Å². The SMILES string of the molecule is CCCCOC(=O)CCCCC(=O)OCCCC.COCCOCCO.OCCOCCO. The van der Waals surface area contributed by atoms with E-state index < -0.39 is 0 Å². The number of esters is 2. The van der Waals surface area contributed by atoms with Gasteiger partial charge in [-0.15, -0.1) is 0 Å². The molecule has 3 N–H and O–H groups in total.